The van der Waals surface area contributed by atoms with E-state index in [0.717, 1.165) is 43.3 Å². The summed E-state index contributed by atoms with van der Waals surface area (Å²) in [5.41, 5.74) is 5.31. The second-order valence-electron chi connectivity index (χ2n) is 5.02. The third kappa shape index (κ3) is 3.61. The van der Waals surface area contributed by atoms with Crippen LogP contribution in [0.5, 0.6) is 0 Å². The fourth-order valence-corrected chi connectivity index (χ4v) is 2.41. The average molecular weight is 280 g/mol. The Morgan fingerprint density at radius 1 is 0.905 bits per heavy atom. The third-order valence-electron chi connectivity index (χ3n) is 3.51. The molecule has 1 heterocycles. The van der Waals surface area contributed by atoms with E-state index >= 15 is 0 Å². The number of hydrogen-bond donors (Lipinski definition) is 2. The molecule has 2 aromatic carbocycles. The van der Waals surface area contributed by atoms with Gasteiger partial charge >= 0.3 is 0 Å². The first-order valence-electron chi connectivity index (χ1n) is 7.33. The van der Waals surface area contributed by atoms with Crippen LogP contribution < -0.4 is 10.7 Å². The van der Waals surface area contributed by atoms with Crippen LogP contribution in [-0.4, -0.2) is 36.9 Å². The SMILES string of the molecule is c1ccc(NN=C(c2ccccc2)N2CCNCC2)cc1. The topological polar surface area (TPSA) is 39.7 Å². The van der Waals surface area contributed by atoms with Gasteiger partial charge in [0, 0.05) is 31.7 Å². The summed E-state index contributed by atoms with van der Waals surface area (Å²) in [5.74, 6) is 1.00. The Kier molecular flexibility index (Phi) is 4.49. The molecule has 1 aliphatic rings. The first-order valence-corrected chi connectivity index (χ1v) is 7.33. The fraction of sp³-hybridized carbons (Fsp3) is 0.235. The maximum Gasteiger partial charge on any atom is 0.156 e. The summed E-state index contributed by atoms with van der Waals surface area (Å²) >= 11 is 0. The van der Waals surface area contributed by atoms with Crippen LogP contribution in [0.2, 0.25) is 0 Å². The molecule has 0 spiro atoms. The second-order valence-corrected chi connectivity index (χ2v) is 5.02. The van der Waals surface area contributed by atoms with Crippen molar-refractivity contribution in [3.8, 4) is 0 Å². The molecule has 0 saturated carbocycles. The van der Waals surface area contributed by atoms with E-state index in [-0.39, 0.29) is 0 Å². The van der Waals surface area contributed by atoms with Gasteiger partial charge in [0.25, 0.3) is 0 Å². The summed E-state index contributed by atoms with van der Waals surface area (Å²) in [5, 5.41) is 8.03. The van der Waals surface area contributed by atoms with Crippen LogP contribution in [0.3, 0.4) is 0 Å². The van der Waals surface area contributed by atoms with Crippen LogP contribution in [-0.2, 0) is 0 Å². The summed E-state index contributed by atoms with van der Waals surface area (Å²) < 4.78 is 0. The van der Waals surface area contributed by atoms with E-state index < -0.39 is 0 Å². The molecular formula is C17H20N4. The molecule has 0 aromatic heterocycles. The predicted octanol–water partition coefficient (Wildman–Crippen LogP) is 2.37. The molecule has 0 radical (unpaired) electrons. The minimum absolute atomic E-state index is 0.976. The van der Waals surface area contributed by atoms with Crippen molar-refractivity contribution in [3.05, 3.63) is 66.2 Å². The molecular weight excluding hydrogens is 260 g/mol. The molecule has 0 bridgehead atoms. The Balaban J connectivity index is 1.84. The molecule has 1 saturated heterocycles. The zero-order valence-electron chi connectivity index (χ0n) is 12.0. The Morgan fingerprint density at radius 2 is 1.52 bits per heavy atom. The van der Waals surface area contributed by atoms with E-state index in [1.807, 2.05) is 36.4 Å². The molecule has 2 N–H and O–H groups in total. The number of anilines is 1. The Bertz CT molecular complexity index is 574. The Hall–Kier alpha value is -2.33. The quantitative estimate of drug-likeness (QED) is 0.515. The van der Waals surface area contributed by atoms with Crippen LogP contribution in [0.4, 0.5) is 5.69 Å². The molecule has 0 atom stereocenters. The highest BCUT2D eigenvalue weighted by atomic mass is 15.4. The van der Waals surface area contributed by atoms with Gasteiger partial charge in [0.15, 0.2) is 5.84 Å². The van der Waals surface area contributed by atoms with Gasteiger partial charge in [-0.05, 0) is 12.1 Å². The second kappa shape index (κ2) is 6.90. The summed E-state index contributed by atoms with van der Waals surface area (Å²) in [6.07, 6.45) is 0. The first kappa shape index (κ1) is 13.6. The summed E-state index contributed by atoms with van der Waals surface area (Å²) in [6, 6.07) is 20.4. The number of nitrogens with zero attached hydrogens (tertiary/aromatic N) is 2. The molecule has 1 fully saturated rings. The number of piperazine rings is 1. The number of para-hydroxylation sites is 1. The van der Waals surface area contributed by atoms with E-state index in [1.54, 1.807) is 0 Å². The number of hydrogen-bond acceptors (Lipinski definition) is 3. The van der Waals surface area contributed by atoms with Gasteiger partial charge in [0.2, 0.25) is 0 Å². The molecule has 2 aromatic rings. The van der Waals surface area contributed by atoms with Gasteiger partial charge in [0.1, 0.15) is 0 Å². The van der Waals surface area contributed by atoms with Crippen LogP contribution in [0.25, 0.3) is 0 Å². The van der Waals surface area contributed by atoms with E-state index in [2.05, 4.69) is 45.0 Å². The van der Waals surface area contributed by atoms with Gasteiger partial charge in [-0.1, -0.05) is 48.5 Å². The Labute approximate surface area is 125 Å². The maximum absolute atomic E-state index is 4.65. The molecule has 4 nitrogen and oxygen atoms in total. The lowest BCUT2D eigenvalue weighted by Gasteiger charge is -2.30. The van der Waals surface area contributed by atoms with Crippen molar-refractivity contribution < 1.29 is 0 Å². The number of nitrogens with one attached hydrogen (secondary N) is 2. The highest BCUT2D eigenvalue weighted by Gasteiger charge is 2.16. The minimum Gasteiger partial charge on any atom is -0.352 e. The van der Waals surface area contributed by atoms with Crippen LogP contribution in [0.15, 0.2) is 65.8 Å². The van der Waals surface area contributed by atoms with Crippen LogP contribution in [0.1, 0.15) is 5.56 Å². The lowest BCUT2D eigenvalue weighted by Crippen LogP contribution is -2.47. The van der Waals surface area contributed by atoms with Gasteiger partial charge in [-0.25, -0.2) is 0 Å². The lowest BCUT2D eigenvalue weighted by atomic mass is 10.2. The van der Waals surface area contributed by atoms with Crippen molar-refractivity contribution >= 4 is 11.5 Å². The molecule has 21 heavy (non-hydrogen) atoms. The van der Waals surface area contributed by atoms with Crippen LogP contribution in [0, 0.1) is 0 Å². The normalized spacial score (nSPS) is 15.8. The number of amidine groups is 1. The third-order valence-corrected chi connectivity index (χ3v) is 3.51. The smallest absolute Gasteiger partial charge is 0.156 e. The monoisotopic (exact) mass is 280 g/mol. The van der Waals surface area contributed by atoms with Crippen molar-refractivity contribution in [2.45, 2.75) is 0 Å². The minimum atomic E-state index is 0.976. The summed E-state index contributed by atoms with van der Waals surface area (Å²) in [4.78, 5) is 2.32. The van der Waals surface area contributed by atoms with Gasteiger partial charge in [-0.15, -0.1) is 0 Å². The van der Waals surface area contributed by atoms with E-state index in [0.29, 0.717) is 0 Å². The molecule has 1 aliphatic heterocycles. The van der Waals surface area contributed by atoms with Crippen molar-refractivity contribution in [3.63, 3.8) is 0 Å². The average Bonchev–Trinajstić information content (AvgIpc) is 2.58. The van der Waals surface area contributed by atoms with Gasteiger partial charge in [-0.3, -0.25) is 5.43 Å². The maximum atomic E-state index is 4.65. The van der Waals surface area contributed by atoms with Crippen molar-refractivity contribution in [2.24, 2.45) is 5.10 Å². The lowest BCUT2D eigenvalue weighted by molar-refractivity contribution is 0.357. The molecule has 4 heteroatoms. The molecule has 0 amide bonds. The zero-order chi connectivity index (χ0) is 14.3. The molecule has 0 unspecified atom stereocenters. The first-order chi connectivity index (χ1) is 10.4. The number of benzene rings is 2. The van der Waals surface area contributed by atoms with Gasteiger partial charge < -0.3 is 10.2 Å². The van der Waals surface area contributed by atoms with Crippen molar-refractivity contribution in [1.82, 2.24) is 10.2 Å². The molecule has 108 valence electrons. The number of hydrazone groups is 1. The highest BCUT2D eigenvalue weighted by Crippen LogP contribution is 2.10. The van der Waals surface area contributed by atoms with Gasteiger partial charge in [0.05, 0.1) is 5.69 Å². The fourth-order valence-electron chi connectivity index (χ4n) is 2.41. The standard InChI is InChI=1S/C17H20N4/c1-3-7-15(8-4-1)17(21-13-11-18-12-14-21)20-19-16-9-5-2-6-10-16/h1-10,18-19H,11-14H2. The summed E-state index contributed by atoms with van der Waals surface area (Å²) in [6.45, 7) is 3.95. The van der Waals surface area contributed by atoms with Gasteiger partial charge in [-0.2, -0.15) is 5.10 Å². The van der Waals surface area contributed by atoms with Crippen molar-refractivity contribution in [1.29, 1.82) is 0 Å². The zero-order valence-corrected chi connectivity index (χ0v) is 12.0. The van der Waals surface area contributed by atoms with E-state index in [9.17, 15) is 0 Å². The predicted molar refractivity (Wildman–Crippen MR) is 87.5 cm³/mol. The van der Waals surface area contributed by atoms with Crippen molar-refractivity contribution in [2.75, 3.05) is 31.6 Å². The van der Waals surface area contributed by atoms with E-state index in [4.69, 9.17) is 0 Å². The number of rotatable bonds is 3. The highest BCUT2D eigenvalue weighted by molar-refractivity contribution is 5.99. The largest absolute Gasteiger partial charge is 0.352 e. The Morgan fingerprint density at radius 3 is 2.19 bits per heavy atom. The summed E-state index contributed by atoms with van der Waals surface area (Å²) in [7, 11) is 0. The van der Waals surface area contributed by atoms with E-state index in [1.165, 1.54) is 0 Å². The van der Waals surface area contributed by atoms with Crippen LogP contribution >= 0.6 is 0 Å². The molecule has 3 rings (SSSR count). The molecule has 0 aliphatic carbocycles.